The number of methoxy groups -OCH3 is 1. The highest BCUT2D eigenvalue weighted by Gasteiger charge is 2.28. The van der Waals surface area contributed by atoms with E-state index in [2.05, 4.69) is 31.2 Å². The van der Waals surface area contributed by atoms with Gasteiger partial charge in [0.1, 0.15) is 0 Å². The summed E-state index contributed by atoms with van der Waals surface area (Å²) in [4.78, 5) is 0. The van der Waals surface area contributed by atoms with Crippen molar-refractivity contribution in [2.24, 2.45) is 0 Å². The first-order valence-corrected chi connectivity index (χ1v) is 8.08. The second-order valence-corrected chi connectivity index (χ2v) is 5.37. The number of ether oxygens (including phenoxy) is 3. The van der Waals surface area contributed by atoms with Gasteiger partial charge in [0.2, 0.25) is 0 Å². The highest BCUT2D eigenvalue weighted by molar-refractivity contribution is 6.18. The fraction of sp³-hybridized carbons (Fsp3) is 0.647. The van der Waals surface area contributed by atoms with E-state index >= 15 is 0 Å². The normalized spacial score (nSPS) is 14.0. The lowest BCUT2D eigenvalue weighted by Crippen LogP contribution is -2.29. The lowest BCUT2D eigenvalue weighted by atomic mass is 9.77. The van der Waals surface area contributed by atoms with Crippen molar-refractivity contribution in [1.29, 1.82) is 0 Å². The minimum Gasteiger partial charge on any atom is -0.382 e. The SMILES string of the molecule is CCC(CCl)(CCOCCOCCOC)c1ccccc1. The lowest BCUT2D eigenvalue weighted by Gasteiger charge is -2.31. The first-order chi connectivity index (χ1) is 10.3. The van der Waals surface area contributed by atoms with Gasteiger partial charge in [0.15, 0.2) is 0 Å². The molecule has 1 rings (SSSR count). The van der Waals surface area contributed by atoms with Crippen LogP contribution >= 0.6 is 11.6 Å². The van der Waals surface area contributed by atoms with Crippen LogP contribution < -0.4 is 0 Å². The van der Waals surface area contributed by atoms with E-state index in [0.29, 0.717) is 38.9 Å². The van der Waals surface area contributed by atoms with Crippen LogP contribution in [0.5, 0.6) is 0 Å². The zero-order valence-corrected chi connectivity index (χ0v) is 13.9. The van der Waals surface area contributed by atoms with Gasteiger partial charge < -0.3 is 14.2 Å². The van der Waals surface area contributed by atoms with Crippen LogP contribution in [-0.2, 0) is 19.6 Å². The third-order valence-electron chi connectivity index (χ3n) is 3.85. The first kappa shape index (κ1) is 18.4. The van der Waals surface area contributed by atoms with E-state index in [4.69, 9.17) is 25.8 Å². The summed E-state index contributed by atoms with van der Waals surface area (Å²) in [5.41, 5.74) is 1.29. The predicted octanol–water partition coefficient (Wildman–Crippen LogP) is 3.64. The maximum Gasteiger partial charge on any atom is 0.0701 e. The molecule has 0 N–H and O–H groups in total. The van der Waals surface area contributed by atoms with E-state index in [1.807, 2.05) is 6.07 Å². The molecule has 0 radical (unpaired) electrons. The highest BCUT2D eigenvalue weighted by atomic mass is 35.5. The number of rotatable bonds is 12. The van der Waals surface area contributed by atoms with E-state index < -0.39 is 0 Å². The van der Waals surface area contributed by atoms with Gasteiger partial charge in [0.05, 0.1) is 26.4 Å². The monoisotopic (exact) mass is 314 g/mol. The van der Waals surface area contributed by atoms with Gasteiger partial charge in [0.25, 0.3) is 0 Å². The molecule has 0 amide bonds. The Morgan fingerprint density at radius 1 is 0.952 bits per heavy atom. The number of halogens is 1. The molecule has 0 bridgehead atoms. The third kappa shape index (κ3) is 6.35. The van der Waals surface area contributed by atoms with Crippen LogP contribution in [0, 0.1) is 0 Å². The van der Waals surface area contributed by atoms with Crippen molar-refractivity contribution in [2.45, 2.75) is 25.2 Å². The summed E-state index contributed by atoms with van der Waals surface area (Å²) >= 11 is 6.26. The maximum atomic E-state index is 6.26. The van der Waals surface area contributed by atoms with Crippen LogP contribution in [0.4, 0.5) is 0 Å². The maximum absolute atomic E-state index is 6.26. The molecule has 0 heterocycles. The summed E-state index contributed by atoms with van der Waals surface area (Å²) < 4.78 is 15.9. The molecular weight excluding hydrogens is 288 g/mol. The average Bonchev–Trinajstić information content (AvgIpc) is 2.55. The number of hydrogen-bond donors (Lipinski definition) is 0. The molecule has 0 saturated carbocycles. The largest absolute Gasteiger partial charge is 0.382 e. The molecule has 0 aliphatic heterocycles. The second kappa shape index (κ2) is 11.0. The summed E-state index contributed by atoms with van der Waals surface area (Å²) in [5, 5.41) is 0. The Labute approximate surface area is 133 Å². The quantitative estimate of drug-likeness (QED) is 0.435. The Morgan fingerprint density at radius 3 is 2.14 bits per heavy atom. The van der Waals surface area contributed by atoms with E-state index in [1.165, 1.54) is 5.56 Å². The number of alkyl halides is 1. The average molecular weight is 315 g/mol. The first-order valence-electron chi connectivity index (χ1n) is 7.55. The predicted molar refractivity (Wildman–Crippen MR) is 87.3 cm³/mol. The van der Waals surface area contributed by atoms with Crippen LogP contribution in [0.15, 0.2) is 30.3 Å². The molecule has 0 saturated heterocycles. The summed E-state index contributed by atoms with van der Waals surface area (Å²) in [5.74, 6) is 0.612. The Kier molecular flexibility index (Phi) is 9.68. The molecule has 21 heavy (non-hydrogen) atoms. The molecular formula is C17H27ClO3. The molecule has 4 heteroatoms. The molecule has 0 aliphatic carbocycles. The van der Waals surface area contributed by atoms with Crippen molar-refractivity contribution in [3.8, 4) is 0 Å². The highest BCUT2D eigenvalue weighted by Crippen LogP contribution is 2.33. The topological polar surface area (TPSA) is 27.7 Å². The Morgan fingerprint density at radius 2 is 1.57 bits per heavy atom. The van der Waals surface area contributed by atoms with Crippen molar-refractivity contribution in [1.82, 2.24) is 0 Å². The van der Waals surface area contributed by atoms with Gasteiger partial charge in [0, 0.05) is 25.0 Å². The molecule has 0 aromatic heterocycles. The Bertz CT molecular complexity index is 352. The third-order valence-corrected chi connectivity index (χ3v) is 4.36. The van der Waals surface area contributed by atoms with E-state index in [9.17, 15) is 0 Å². The van der Waals surface area contributed by atoms with Crippen molar-refractivity contribution in [3.05, 3.63) is 35.9 Å². The second-order valence-electron chi connectivity index (χ2n) is 5.10. The van der Waals surface area contributed by atoms with Crippen molar-refractivity contribution in [2.75, 3.05) is 46.0 Å². The smallest absolute Gasteiger partial charge is 0.0701 e. The van der Waals surface area contributed by atoms with Crippen molar-refractivity contribution < 1.29 is 14.2 Å². The standard InChI is InChI=1S/C17H27ClO3/c1-3-17(15-18,16-7-5-4-6-8-16)9-10-20-13-14-21-12-11-19-2/h4-8H,3,9-15H2,1-2H3. The zero-order chi connectivity index (χ0) is 15.4. The van der Waals surface area contributed by atoms with Crippen LogP contribution in [0.2, 0.25) is 0 Å². The van der Waals surface area contributed by atoms with Gasteiger partial charge in [-0.25, -0.2) is 0 Å². The molecule has 0 spiro atoms. The van der Waals surface area contributed by atoms with E-state index in [-0.39, 0.29) is 5.41 Å². The molecule has 1 unspecified atom stereocenters. The zero-order valence-electron chi connectivity index (χ0n) is 13.1. The van der Waals surface area contributed by atoms with Crippen LogP contribution in [0.3, 0.4) is 0 Å². The van der Waals surface area contributed by atoms with Gasteiger partial charge in [-0.1, -0.05) is 37.3 Å². The van der Waals surface area contributed by atoms with Gasteiger partial charge in [-0.15, -0.1) is 11.6 Å². The van der Waals surface area contributed by atoms with E-state index in [0.717, 1.165) is 12.8 Å². The van der Waals surface area contributed by atoms with Crippen LogP contribution in [0.1, 0.15) is 25.3 Å². The fourth-order valence-electron chi connectivity index (χ4n) is 2.29. The summed E-state index contributed by atoms with van der Waals surface area (Å²) in [6.07, 6.45) is 1.93. The molecule has 120 valence electrons. The minimum atomic E-state index is -0.000275. The number of benzene rings is 1. The molecule has 1 atom stereocenters. The molecule has 0 fully saturated rings. The van der Waals surface area contributed by atoms with Gasteiger partial charge >= 0.3 is 0 Å². The summed E-state index contributed by atoms with van der Waals surface area (Å²) in [6, 6.07) is 10.5. The van der Waals surface area contributed by atoms with Gasteiger partial charge in [-0.3, -0.25) is 0 Å². The van der Waals surface area contributed by atoms with Crippen molar-refractivity contribution >= 4 is 11.6 Å². The van der Waals surface area contributed by atoms with Gasteiger partial charge in [-0.2, -0.15) is 0 Å². The molecule has 3 nitrogen and oxygen atoms in total. The van der Waals surface area contributed by atoms with Gasteiger partial charge in [-0.05, 0) is 18.4 Å². The Balaban J connectivity index is 2.32. The lowest BCUT2D eigenvalue weighted by molar-refractivity contribution is 0.0209. The minimum absolute atomic E-state index is 0.000275. The fourth-order valence-corrected chi connectivity index (χ4v) is 2.76. The van der Waals surface area contributed by atoms with Crippen molar-refractivity contribution in [3.63, 3.8) is 0 Å². The molecule has 0 aliphatic rings. The number of hydrogen-bond acceptors (Lipinski definition) is 3. The summed E-state index contributed by atoms with van der Waals surface area (Å²) in [7, 11) is 1.67. The van der Waals surface area contributed by atoms with E-state index in [1.54, 1.807) is 7.11 Å². The molecule has 1 aromatic rings. The van der Waals surface area contributed by atoms with Crippen LogP contribution in [0.25, 0.3) is 0 Å². The molecule has 1 aromatic carbocycles. The Hall–Kier alpha value is -0.610. The summed E-state index contributed by atoms with van der Waals surface area (Å²) in [6.45, 7) is 5.34. The van der Waals surface area contributed by atoms with Crippen LogP contribution in [-0.4, -0.2) is 46.0 Å².